The maximum atomic E-state index is 13.8. The van der Waals surface area contributed by atoms with Crippen LogP contribution < -0.4 is 21.3 Å². The van der Waals surface area contributed by atoms with Crippen molar-refractivity contribution in [1.29, 1.82) is 0 Å². The van der Waals surface area contributed by atoms with Crippen LogP contribution in [0.5, 0.6) is 0 Å². The molecular weight excluding hydrogens is 1040 g/mol. The molecule has 8 nitrogen and oxygen atoms in total. The summed E-state index contributed by atoms with van der Waals surface area (Å²) in [6.07, 6.45) is 17.6. The van der Waals surface area contributed by atoms with Crippen LogP contribution in [0.1, 0.15) is 168 Å². The lowest BCUT2D eigenvalue weighted by atomic mass is 9.95. The van der Waals surface area contributed by atoms with Crippen molar-refractivity contribution in [3.63, 3.8) is 0 Å². The van der Waals surface area contributed by atoms with E-state index in [1.165, 1.54) is 121 Å². The predicted octanol–water partition coefficient (Wildman–Crippen LogP) is 14.4. The second-order valence-electron chi connectivity index (χ2n) is 21.1. The highest BCUT2D eigenvalue weighted by atomic mass is 32.1. The third-order valence-corrected chi connectivity index (χ3v) is 20.4. The summed E-state index contributed by atoms with van der Waals surface area (Å²) >= 11 is 7.55. The van der Waals surface area contributed by atoms with Gasteiger partial charge in [0.1, 0.15) is 5.82 Å². The Morgan fingerprint density at radius 1 is 0.423 bits per heavy atom. The van der Waals surface area contributed by atoms with Gasteiger partial charge in [0.15, 0.2) is 0 Å². The number of nitrogens with zero attached hydrogens (tertiary/aromatic N) is 4. The topological polar surface area (TPSA) is 99.7 Å². The molecule has 0 radical (unpaired) electrons. The van der Waals surface area contributed by atoms with Gasteiger partial charge in [-0.3, -0.25) is 0 Å². The molecule has 0 saturated carbocycles. The van der Waals surface area contributed by atoms with E-state index in [9.17, 15) is 4.39 Å². The predicted molar refractivity (Wildman–Crippen MR) is 328 cm³/mol. The second kappa shape index (κ2) is 30.7. The normalized spacial score (nSPS) is 16.6. The van der Waals surface area contributed by atoms with E-state index in [1.54, 1.807) is 22.3 Å². The van der Waals surface area contributed by atoms with Crippen molar-refractivity contribution >= 4 is 45.3 Å². The highest BCUT2D eigenvalue weighted by molar-refractivity contribution is 7.12. The summed E-state index contributed by atoms with van der Waals surface area (Å²) in [6, 6.07) is 38.9. The van der Waals surface area contributed by atoms with Crippen molar-refractivity contribution < 1.29 is 4.39 Å². The molecule has 4 aromatic heterocycles. The average molecular weight is 1120 g/mol. The van der Waals surface area contributed by atoms with Crippen molar-refractivity contribution in [2.75, 3.05) is 52.4 Å². The SMILES string of the molecule is CCc1nc(Cc2ccccc2)sc1C1CCNCC1.CCc1nc(Cc2ccccc2F)sc1C1CCNCC1.Cc1nc(Cc2ccccc2)sc1C1CCNCC1.c1ccc(Cc2ncc(C3CCNCC3)s2)cc1. The number of aromatic nitrogens is 4. The molecule has 4 saturated heterocycles. The van der Waals surface area contributed by atoms with E-state index in [2.05, 4.69) is 144 Å². The summed E-state index contributed by atoms with van der Waals surface area (Å²) < 4.78 is 13.8. The van der Waals surface area contributed by atoms with Crippen molar-refractivity contribution in [2.24, 2.45) is 0 Å². The van der Waals surface area contributed by atoms with Crippen molar-refractivity contribution in [2.45, 2.75) is 134 Å². The van der Waals surface area contributed by atoms with Crippen LogP contribution in [0.2, 0.25) is 0 Å². The van der Waals surface area contributed by atoms with E-state index in [4.69, 9.17) is 15.0 Å². The van der Waals surface area contributed by atoms with E-state index in [0.717, 1.165) is 113 Å². The van der Waals surface area contributed by atoms with Gasteiger partial charge in [-0.1, -0.05) is 123 Å². The Hall–Kier alpha value is -4.83. The third-order valence-electron chi connectivity index (χ3n) is 15.4. The Morgan fingerprint density at radius 2 is 0.795 bits per heavy atom. The average Bonchev–Trinajstić information content (AvgIpc) is 4.33. The van der Waals surface area contributed by atoms with E-state index in [-0.39, 0.29) is 5.82 Å². The summed E-state index contributed by atoms with van der Waals surface area (Å²) in [5.41, 5.74) is 8.62. The van der Waals surface area contributed by atoms with Gasteiger partial charge in [-0.2, -0.15) is 0 Å². The van der Waals surface area contributed by atoms with E-state index in [1.807, 2.05) is 46.1 Å². The summed E-state index contributed by atoms with van der Waals surface area (Å²) in [5, 5.41) is 18.5. The molecule has 4 N–H and O–H groups in total. The first-order valence-electron chi connectivity index (χ1n) is 28.9. The molecule has 0 amide bonds. The minimum Gasteiger partial charge on any atom is -0.317 e. The first-order chi connectivity index (χ1) is 38.4. The smallest absolute Gasteiger partial charge is 0.126 e. The van der Waals surface area contributed by atoms with Crippen LogP contribution in [0.4, 0.5) is 4.39 Å². The molecule has 12 rings (SSSR count). The number of nitrogens with one attached hydrogen (secondary N) is 4. The Labute approximate surface area is 480 Å². The number of hydrogen-bond donors (Lipinski definition) is 4. The molecule has 412 valence electrons. The molecular formula is C65H81FN8S4. The Bertz CT molecular complexity index is 2960. The van der Waals surface area contributed by atoms with Gasteiger partial charge in [0, 0.05) is 51.4 Å². The van der Waals surface area contributed by atoms with Crippen LogP contribution in [-0.2, 0) is 38.5 Å². The lowest BCUT2D eigenvalue weighted by Crippen LogP contribution is -2.26. The Morgan fingerprint density at radius 3 is 1.24 bits per heavy atom. The zero-order valence-corrected chi connectivity index (χ0v) is 49.5. The molecule has 4 aliphatic heterocycles. The van der Waals surface area contributed by atoms with Crippen LogP contribution in [0.15, 0.2) is 121 Å². The fourth-order valence-corrected chi connectivity index (χ4v) is 16.2. The Balaban J connectivity index is 0.000000127. The van der Waals surface area contributed by atoms with Gasteiger partial charge in [0.05, 0.1) is 37.1 Å². The summed E-state index contributed by atoms with van der Waals surface area (Å²) in [6.45, 7) is 15.6. The largest absolute Gasteiger partial charge is 0.317 e. The first kappa shape index (κ1) is 57.8. The molecule has 0 spiro atoms. The first-order valence-corrected chi connectivity index (χ1v) is 32.2. The lowest BCUT2D eigenvalue weighted by Gasteiger charge is -2.22. The molecule has 4 fully saturated rings. The van der Waals surface area contributed by atoms with E-state index >= 15 is 0 Å². The van der Waals surface area contributed by atoms with E-state index in [0.29, 0.717) is 12.3 Å². The molecule has 0 aliphatic carbocycles. The second-order valence-corrected chi connectivity index (χ2v) is 25.6. The van der Waals surface area contributed by atoms with Crippen LogP contribution in [0.3, 0.4) is 0 Å². The molecule has 8 heterocycles. The van der Waals surface area contributed by atoms with Gasteiger partial charge in [-0.25, -0.2) is 24.3 Å². The van der Waals surface area contributed by atoms with Gasteiger partial charge < -0.3 is 21.3 Å². The summed E-state index contributed by atoms with van der Waals surface area (Å²) in [5.74, 6) is 2.69. The van der Waals surface area contributed by atoms with Gasteiger partial charge >= 0.3 is 0 Å². The minimum absolute atomic E-state index is 0.130. The summed E-state index contributed by atoms with van der Waals surface area (Å²) in [7, 11) is 0. The molecule has 0 atom stereocenters. The zero-order valence-electron chi connectivity index (χ0n) is 46.2. The molecule has 4 aromatic carbocycles. The number of halogens is 1. The molecule has 13 heteroatoms. The van der Waals surface area contributed by atoms with Crippen LogP contribution in [0, 0.1) is 12.7 Å². The molecule has 8 aromatic rings. The van der Waals surface area contributed by atoms with Gasteiger partial charge in [0.2, 0.25) is 0 Å². The highest BCUT2D eigenvalue weighted by Crippen LogP contribution is 2.37. The van der Waals surface area contributed by atoms with Crippen molar-refractivity contribution in [3.05, 3.63) is 206 Å². The van der Waals surface area contributed by atoms with E-state index < -0.39 is 0 Å². The van der Waals surface area contributed by atoms with Crippen molar-refractivity contribution in [3.8, 4) is 0 Å². The number of thiazole rings is 4. The molecule has 4 aliphatic rings. The molecule has 0 unspecified atom stereocenters. The molecule has 78 heavy (non-hydrogen) atoms. The van der Waals surface area contributed by atoms with Gasteiger partial charge in [0.25, 0.3) is 0 Å². The maximum absolute atomic E-state index is 13.8. The standard InChI is InChI=1S/C17H21FN2S.C17H22N2S.C16H20N2S.C15H18N2S/c1-2-15-17(12-7-9-19-10-8-12)21-16(20-15)11-13-5-3-4-6-14(13)18;1-2-15-17(14-8-10-18-11-9-14)20-16(19-15)12-13-6-4-3-5-7-13;1-12-16(14-7-9-17-10-8-14)19-15(18-12)11-13-5-3-2-4-6-13;1-2-4-12(5-3-1)10-15-17-11-14(18-15)13-6-8-16-9-7-13/h3-6,12,19H,2,7-11H2,1H3;3-7,14,18H,2,8-12H2,1H3;2-6,14,17H,7-11H2,1H3;1-5,11,13,16H,6-10H2. The third kappa shape index (κ3) is 17.1. The number of benzene rings is 4. The van der Waals surface area contributed by atoms with Crippen molar-refractivity contribution in [1.82, 2.24) is 41.2 Å². The quantitative estimate of drug-likeness (QED) is 0.0855. The Kier molecular flexibility index (Phi) is 22.7. The minimum atomic E-state index is -0.130. The highest BCUT2D eigenvalue weighted by Gasteiger charge is 2.25. The fourth-order valence-electron chi connectivity index (χ4n) is 11.1. The number of rotatable bonds is 14. The van der Waals surface area contributed by atoms with Gasteiger partial charge in [-0.05, 0) is 175 Å². The van der Waals surface area contributed by atoms with Crippen LogP contribution in [0.25, 0.3) is 0 Å². The van der Waals surface area contributed by atoms with Crippen LogP contribution >= 0.6 is 45.3 Å². The monoisotopic (exact) mass is 1120 g/mol. The molecule has 0 bridgehead atoms. The number of hydrogen-bond acceptors (Lipinski definition) is 12. The number of aryl methyl sites for hydroxylation is 3. The zero-order chi connectivity index (χ0) is 53.7. The van der Waals surface area contributed by atoms with Gasteiger partial charge in [-0.15, -0.1) is 45.3 Å². The lowest BCUT2D eigenvalue weighted by molar-refractivity contribution is 0.462. The van der Waals surface area contributed by atoms with Crippen LogP contribution in [-0.4, -0.2) is 72.3 Å². The number of piperidine rings is 4. The fraction of sp³-hybridized carbons (Fsp3) is 0.446. The maximum Gasteiger partial charge on any atom is 0.126 e. The summed E-state index contributed by atoms with van der Waals surface area (Å²) in [4.78, 5) is 25.0.